The van der Waals surface area contributed by atoms with Gasteiger partial charge in [-0.1, -0.05) is 55.2 Å². The Morgan fingerprint density at radius 1 is 1.08 bits per heavy atom. The molecule has 1 fully saturated rings. The maximum absolute atomic E-state index is 13.6. The van der Waals surface area contributed by atoms with Crippen molar-refractivity contribution in [1.29, 1.82) is 0 Å². The molecule has 11 heteroatoms. The summed E-state index contributed by atoms with van der Waals surface area (Å²) in [5.41, 5.74) is 3.00. The highest BCUT2D eigenvalue weighted by atomic mass is 32.1. The van der Waals surface area contributed by atoms with Gasteiger partial charge in [-0.05, 0) is 57.2 Å². The minimum absolute atomic E-state index is 0.289. The van der Waals surface area contributed by atoms with Gasteiger partial charge in [0.1, 0.15) is 15.9 Å². The van der Waals surface area contributed by atoms with E-state index in [1.54, 1.807) is 6.92 Å². The number of amides is 2. The van der Waals surface area contributed by atoms with E-state index in [1.807, 2.05) is 39.0 Å². The van der Waals surface area contributed by atoms with Crippen LogP contribution in [0.4, 0.5) is 10.8 Å². The Bertz CT molecular complexity index is 1600. The number of hydrogen-bond donors (Lipinski definition) is 2. The zero-order valence-corrected chi connectivity index (χ0v) is 24.2. The molecule has 1 aliphatic rings. The summed E-state index contributed by atoms with van der Waals surface area (Å²) in [4.78, 5) is 45.3. The van der Waals surface area contributed by atoms with Gasteiger partial charge < -0.3 is 5.32 Å². The SMILES string of the molecule is CCC(C(=O)Nc1nnc(C2CCCCC2)s1)n1cnc2sc(C(=O)Nc3ccc(C)cc3C)c(C)c2c1=O. The first kappa shape index (κ1) is 27.1. The number of hydrogen-bond acceptors (Lipinski definition) is 8. The number of thiophene rings is 1. The van der Waals surface area contributed by atoms with Crippen LogP contribution >= 0.6 is 22.7 Å². The standard InChI is InChI=1S/C28H32N6O3S2/c1-5-20(23(35)31-28-33-32-25(39-28)18-9-7-6-8-10-18)34-14-29-26-21(27(34)37)17(4)22(38-26)24(36)30-19-12-11-15(2)13-16(19)3/h11-14,18,20H,5-10H2,1-4H3,(H,30,36)(H,31,33,35). The van der Waals surface area contributed by atoms with E-state index in [0.29, 0.717) is 38.1 Å². The van der Waals surface area contributed by atoms with Gasteiger partial charge in [-0.3, -0.25) is 24.3 Å². The Morgan fingerprint density at radius 3 is 2.56 bits per heavy atom. The van der Waals surface area contributed by atoms with Crippen molar-refractivity contribution in [2.45, 2.75) is 78.2 Å². The van der Waals surface area contributed by atoms with E-state index in [-0.39, 0.29) is 17.4 Å². The molecule has 1 saturated carbocycles. The van der Waals surface area contributed by atoms with Crippen LogP contribution in [0.5, 0.6) is 0 Å². The monoisotopic (exact) mass is 564 g/mol. The third kappa shape index (κ3) is 5.51. The summed E-state index contributed by atoms with van der Waals surface area (Å²) in [6.07, 6.45) is 7.63. The van der Waals surface area contributed by atoms with E-state index in [4.69, 9.17) is 0 Å². The topological polar surface area (TPSA) is 119 Å². The number of aromatic nitrogens is 4. The summed E-state index contributed by atoms with van der Waals surface area (Å²) in [5, 5.41) is 16.1. The van der Waals surface area contributed by atoms with Gasteiger partial charge >= 0.3 is 0 Å². The van der Waals surface area contributed by atoms with E-state index < -0.39 is 6.04 Å². The smallest absolute Gasteiger partial charge is 0.266 e. The van der Waals surface area contributed by atoms with Gasteiger partial charge in [0, 0.05) is 11.6 Å². The molecular formula is C28H32N6O3S2. The van der Waals surface area contributed by atoms with Gasteiger partial charge in [-0.2, -0.15) is 0 Å². The normalized spacial score (nSPS) is 14.9. The van der Waals surface area contributed by atoms with E-state index >= 15 is 0 Å². The van der Waals surface area contributed by atoms with E-state index in [9.17, 15) is 14.4 Å². The first-order chi connectivity index (χ1) is 18.8. The molecule has 0 saturated heterocycles. The van der Waals surface area contributed by atoms with Crippen LogP contribution in [0.3, 0.4) is 0 Å². The van der Waals surface area contributed by atoms with Gasteiger partial charge in [0.2, 0.25) is 11.0 Å². The zero-order valence-electron chi connectivity index (χ0n) is 22.5. The van der Waals surface area contributed by atoms with Gasteiger partial charge in [-0.15, -0.1) is 21.5 Å². The van der Waals surface area contributed by atoms with E-state index in [1.165, 1.54) is 52.8 Å². The second-order valence-electron chi connectivity index (χ2n) is 10.2. The molecule has 4 aromatic rings. The zero-order chi connectivity index (χ0) is 27.7. The quantitative estimate of drug-likeness (QED) is 0.279. The van der Waals surface area contributed by atoms with Crippen molar-refractivity contribution in [1.82, 2.24) is 19.7 Å². The lowest BCUT2D eigenvalue weighted by molar-refractivity contribution is -0.119. The van der Waals surface area contributed by atoms with Crippen LogP contribution in [0.25, 0.3) is 10.2 Å². The highest BCUT2D eigenvalue weighted by Crippen LogP contribution is 2.35. The van der Waals surface area contributed by atoms with Crippen LogP contribution < -0.4 is 16.2 Å². The van der Waals surface area contributed by atoms with Crippen molar-refractivity contribution < 1.29 is 9.59 Å². The third-order valence-corrected chi connectivity index (χ3v) is 9.56. The third-order valence-electron chi connectivity index (χ3n) is 7.36. The number of aryl methyl sites for hydroxylation is 3. The molecule has 1 aromatic carbocycles. The summed E-state index contributed by atoms with van der Waals surface area (Å²) in [6.45, 7) is 7.53. The summed E-state index contributed by atoms with van der Waals surface area (Å²) in [5.74, 6) is -0.225. The highest BCUT2D eigenvalue weighted by Gasteiger charge is 2.26. The number of fused-ring (bicyclic) bond motifs is 1. The van der Waals surface area contributed by atoms with Crippen LogP contribution in [-0.2, 0) is 4.79 Å². The first-order valence-electron chi connectivity index (χ1n) is 13.3. The number of rotatable bonds is 7. The van der Waals surface area contributed by atoms with Gasteiger partial charge in [0.15, 0.2) is 0 Å². The maximum atomic E-state index is 13.6. The molecule has 5 rings (SSSR count). The van der Waals surface area contributed by atoms with Crippen molar-refractivity contribution in [3.05, 3.63) is 61.5 Å². The Balaban J connectivity index is 1.38. The van der Waals surface area contributed by atoms with E-state index in [0.717, 1.165) is 34.7 Å². The molecule has 1 aliphatic carbocycles. The second-order valence-corrected chi connectivity index (χ2v) is 12.2. The molecule has 3 aromatic heterocycles. The van der Waals surface area contributed by atoms with Crippen molar-refractivity contribution >= 4 is 55.5 Å². The number of nitrogens with zero attached hydrogens (tertiary/aromatic N) is 4. The van der Waals surface area contributed by atoms with Crippen LogP contribution in [-0.4, -0.2) is 31.6 Å². The first-order valence-corrected chi connectivity index (χ1v) is 14.9. The van der Waals surface area contributed by atoms with Crippen LogP contribution in [0, 0.1) is 20.8 Å². The lowest BCUT2D eigenvalue weighted by Crippen LogP contribution is -2.33. The predicted molar refractivity (Wildman–Crippen MR) is 156 cm³/mol. The Morgan fingerprint density at radius 2 is 1.85 bits per heavy atom. The van der Waals surface area contributed by atoms with Crippen LogP contribution in [0.2, 0.25) is 0 Å². The molecular weight excluding hydrogens is 532 g/mol. The molecule has 0 spiro atoms. The molecule has 1 unspecified atom stereocenters. The fourth-order valence-electron chi connectivity index (χ4n) is 5.21. The molecule has 9 nitrogen and oxygen atoms in total. The summed E-state index contributed by atoms with van der Waals surface area (Å²) >= 11 is 2.58. The number of carbonyl (C=O) groups is 2. The minimum atomic E-state index is -0.775. The Labute approximate surface area is 234 Å². The largest absolute Gasteiger partial charge is 0.321 e. The molecule has 0 aliphatic heterocycles. The lowest BCUT2D eigenvalue weighted by Gasteiger charge is -2.18. The maximum Gasteiger partial charge on any atom is 0.266 e. The molecule has 3 heterocycles. The lowest BCUT2D eigenvalue weighted by atomic mass is 9.90. The molecule has 1 atom stereocenters. The number of benzene rings is 1. The van der Waals surface area contributed by atoms with Crippen LogP contribution in [0.15, 0.2) is 29.3 Å². The van der Waals surface area contributed by atoms with Gasteiger partial charge in [0.05, 0.1) is 16.6 Å². The molecule has 2 amide bonds. The molecule has 2 N–H and O–H groups in total. The van der Waals surface area contributed by atoms with E-state index in [2.05, 4.69) is 25.8 Å². The molecule has 0 radical (unpaired) electrons. The number of anilines is 2. The number of nitrogens with one attached hydrogen (secondary N) is 2. The molecule has 0 bridgehead atoms. The Hall–Kier alpha value is -3.44. The van der Waals surface area contributed by atoms with Crippen molar-refractivity contribution in [2.75, 3.05) is 10.6 Å². The Kier molecular flexibility index (Phi) is 7.90. The van der Waals surface area contributed by atoms with Crippen molar-refractivity contribution in [3.8, 4) is 0 Å². The van der Waals surface area contributed by atoms with Crippen molar-refractivity contribution in [3.63, 3.8) is 0 Å². The fraction of sp³-hybridized carbons (Fsp3) is 0.429. The highest BCUT2D eigenvalue weighted by molar-refractivity contribution is 7.20. The van der Waals surface area contributed by atoms with Crippen LogP contribution in [0.1, 0.15) is 88.8 Å². The van der Waals surface area contributed by atoms with Gasteiger partial charge in [-0.25, -0.2) is 4.98 Å². The second kappa shape index (κ2) is 11.4. The van der Waals surface area contributed by atoms with Gasteiger partial charge in [0.25, 0.3) is 11.5 Å². The minimum Gasteiger partial charge on any atom is -0.321 e. The average Bonchev–Trinajstić information content (AvgIpc) is 3.52. The summed E-state index contributed by atoms with van der Waals surface area (Å²) in [7, 11) is 0. The number of carbonyl (C=O) groups excluding carboxylic acids is 2. The predicted octanol–water partition coefficient (Wildman–Crippen LogP) is 6.12. The summed E-state index contributed by atoms with van der Waals surface area (Å²) < 4.78 is 1.35. The molecule has 204 valence electrons. The fourth-order valence-corrected chi connectivity index (χ4v) is 7.16. The average molecular weight is 565 g/mol. The molecule has 39 heavy (non-hydrogen) atoms. The summed E-state index contributed by atoms with van der Waals surface area (Å²) in [6, 6.07) is 5.04. The van der Waals surface area contributed by atoms with Crippen molar-refractivity contribution in [2.24, 2.45) is 0 Å².